The fourth-order valence-electron chi connectivity index (χ4n) is 1.63. The van der Waals surface area contributed by atoms with Gasteiger partial charge >= 0.3 is 0 Å². The highest BCUT2D eigenvalue weighted by Gasteiger charge is 2.05. The van der Waals surface area contributed by atoms with Crippen molar-refractivity contribution in [1.29, 1.82) is 0 Å². The average Bonchev–Trinajstić information content (AvgIpc) is 2.88. The Morgan fingerprint density at radius 2 is 2.11 bits per heavy atom. The van der Waals surface area contributed by atoms with Crippen molar-refractivity contribution in [3.8, 4) is 0 Å². The molecule has 1 N–H and O–H groups in total. The van der Waals surface area contributed by atoms with E-state index in [0.717, 1.165) is 25.3 Å². The van der Waals surface area contributed by atoms with E-state index in [1.54, 1.807) is 0 Å². The van der Waals surface area contributed by atoms with E-state index >= 15 is 0 Å². The lowest BCUT2D eigenvalue weighted by atomic mass is 10.3. The Balaban J connectivity index is 1.71. The van der Waals surface area contributed by atoms with E-state index in [1.807, 2.05) is 30.3 Å². The number of ether oxygens (including phenoxy) is 1. The van der Waals surface area contributed by atoms with Gasteiger partial charge in [-0.15, -0.1) is 0 Å². The standard InChI is InChI=1S/C14H19N3O2/c1-2-10-18-11-13-16-14(19-17-13)8-9-15-12-6-4-3-5-7-12/h3-7,15H,2,8-11H2,1H3. The van der Waals surface area contributed by atoms with Crippen molar-refractivity contribution in [2.45, 2.75) is 26.4 Å². The van der Waals surface area contributed by atoms with Crippen LogP contribution in [0.1, 0.15) is 25.1 Å². The Morgan fingerprint density at radius 1 is 1.26 bits per heavy atom. The fourth-order valence-corrected chi connectivity index (χ4v) is 1.63. The van der Waals surface area contributed by atoms with Crippen LogP contribution < -0.4 is 5.32 Å². The van der Waals surface area contributed by atoms with Crippen molar-refractivity contribution < 1.29 is 9.26 Å². The number of anilines is 1. The second-order valence-corrected chi connectivity index (χ2v) is 4.20. The van der Waals surface area contributed by atoms with Gasteiger partial charge in [-0.2, -0.15) is 4.98 Å². The maximum Gasteiger partial charge on any atom is 0.228 e. The number of hydrogen-bond acceptors (Lipinski definition) is 5. The van der Waals surface area contributed by atoms with Gasteiger partial charge in [-0.05, 0) is 18.6 Å². The number of nitrogens with one attached hydrogen (secondary N) is 1. The Hall–Kier alpha value is -1.88. The monoisotopic (exact) mass is 261 g/mol. The molecule has 0 saturated heterocycles. The molecular weight excluding hydrogens is 242 g/mol. The van der Waals surface area contributed by atoms with Crippen LogP contribution >= 0.6 is 0 Å². The first-order valence-electron chi connectivity index (χ1n) is 6.56. The lowest BCUT2D eigenvalue weighted by Crippen LogP contribution is -2.05. The highest BCUT2D eigenvalue weighted by molar-refractivity contribution is 5.42. The third kappa shape index (κ3) is 4.71. The summed E-state index contributed by atoms with van der Waals surface area (Å²) in [5.74, 6) is 1.25. The number of para-hydroxylation sites is 1. The van der Waals surface area contributed by atoms with E-state index in [9.17, 15) is 0 Å². The lowest BCUT2D eigenvalue weighted by Gasteiger charge is -2.02. The van der Waals surface area contributed by atoms with Gasteiger partial charge in [0.2, 0.25) is 5.89 Å². The smallest absolute Gasteiger partial charge is 0.228 e. The molecule has 102 valence electrons. The van der Waals surface area contributed by atoms with Gasteiger partial charge in [0.15, 0.2) is 5.82 Å². The second kappa shape index (κ2) is 7.53. The van der Waals surface area contributed by atoms with Crippen LogP contribution in [0.25, 0.3) is 0 Å². The molecule has 5 heteroatoms. The Kier molecular flexibility index (Phi) is 5.37. The van der Waals surface area contributed by atoms with Crippen molar-refractivity contribution in [2.24, 2.45) is 0 Å². The lowest BCUT2D eigenvalue weighted by molar-refractivity contribution is 0.114. The van der Waals surface area contributed by atoms with Crippen LogP contribution in [-0.4, -0.2) is 23.3 Å². The molecule has 0 aliphatic rings. The molecule has 0 fully saturated rings. The third-order valence-corrected chi connectivity index (χ3v) is 2.53. The molecule has 0 saturated carbocycles. The molecule has 0 atom stereocenters. The molecule has 0 aliphatic heterocycles. The highest BCUT2D eigenvalue weighted by Crippen LogP contribution is 2.06. The van der Waals surface area contributed by atoms with E-state index in [1.165, 1.54) is 0 Å². The summed E-state index contributed by atoms with van der Waals surface area (Å²) in [6.45, 7) is 3.97. The number of benzene rings is 1. The molecule has 19 heavy (non-hydrogen) atoms. The van der Waals surface area contributed by atoms with Gasteiger partial charge in [-0.25, -0.2) is 0 Å². The highest BCUT2D eigenvalue weighted by atomic mass is 16.5. The zero-order valence-electron chi connectivity index (χ0n) is 11.1. The first-order chi connectivity index (χ1) is 9.38. The molecule has 0 radical (unpaired) electrons. The van der Waals surface area contributed by atoms with E-state index in [0.29, 0.717) is 24.7 Å². The van der Waals surface area contributed by atoms with Crippen LogP contribution in [0.15, 0.2) is 34.9 Å². The van der Waals surface area contributed by atoms with Crippen LogP contribution in [0.3, 0.4) is 0 Å². The normalized spacial score (nSPS) is 10.6. The third-order valence-electron chi connectivity index (χ3n) is 2.53. The van der Waals surface area contributed by atoms with Gasteiger partial charge in [-0.1, -0.05) is 30.3 Å². The summed E-state index contributed by atoms with van der Waals surface area (Å²) in [5, 5.41) is 7.17. The molecule has 0 spiro atoms. The quantitative estimate of drug-likeness (QED) is 0.740. The second-order valence-electron chi connectivity index (χ2n) is 4.20. The first kappa shape index (κ1) is 13.5. The van der Waals surface area contributed by atoms with E-state index in [2.05, 4.69) is 22.4 Å². The molecule has 2 aromatic rings. The topological polar surface area (TPSA) is 60.2 Å². The zero-order chi connectivity index (χ0) is 13.3. The number of rotatable bonds is 8. The predicted molar refractivity (Wildman–Crippen MR) is 72.9 cm³/mol. The summed E-state index contributed by atoms with van der Waals surface area (Å²) in [7, 11) is 0. The molecular formula is C14H19N3O2. The van der Waals surface area contributed by atoms with Crippen molar-refractivity contribution >= 4 is 5.69 Å². The van der Waals surface area contributed by atoms with Crippen molar-refractivity contribution in [1.82, 2.24) is 10.1 Å². The molecule has 5 nitrogen and oxygen atoms in total. The summed E-state index contributed by atoms with van der Waals surface area (Å²) in [6, 6.07) is 10.0. The fraction of sp³-hybridized carbons (Fsp3) is 0.429. The van der Waals surface area contributed by atoms with Crippen LogP contribution in [-0.2, 0) is 17.8 Å². The number of hydrogen-bond donors (Lipinski definition) is 1. The minimum absolute atomic E-state index is 0.420. The Labute approximate surface area is 113 Å². The molecule has 1 aromatic carbocycles. The Morgan fingerprint density at radius 3 is 2.89 bits per heavy atom. The van der Waals surface area contributed by atoms with Crippen molar-refractivity contribution in [3.63, 3.8) is 0 Å². The van der Waals surface area contributed by atoms with Crippen molar-refractivity contribution in [3.05, 3.63) is 42.0 Å². The summed E-state index contributed by atoms with van der Waals surface area (Å²) in [5.41, 5.74) is 1.09. The predicted octanol–water partition coefficient (Wildman–Crippen LogP) is 2.65. The largest absolute Gasteiger partial charge is 0.385 e. The van der Waals surface area contributed by atoms with Crippen LogP contribution in [0.2, 0.25) is 0 Å². The van der Waals surface area contributed by atoms with Crippen molar-refractivity contribution in [2.75, 3.05) is 18.5 Å². The molecule has 0 bridgehead atoms. The van der Waals surface area contributed by atoms with Gasteiger partial charge in [0, 0.05) is 25.3 Å². The first-order valence-corrected chi connectivity index (χ1v) is 6.56. The van der Waals surface area contributed by atoms with E-state index in [-0.39, 0.29) is 0 Å². The van der Waals surface area contributed by atoms with Crippen LogP contribution in [0, 0.1) is 0 Å². The number of nitrogens with zero attached hydrogens (tertiary/aromatic N) is 2. The van der Waals surface area contributed by atoms with Crippen LogP contribution in [0.5, 0.6) is 0 Å². The number of aromatic nitrogens is 2. The SMILES string of the molecule is CCCOCc1noc(CCNc2ccccc2)n1. The summed E-state index contributed by atoms with van der Waals surface area (Å²) < 4.78 is 10.5. The summed E-state index contributed by atoms with van der Waals surface area (Å²) in [4.78, 5) is 4.27. The summed E-state index contributed by atoms with van der Waals surface area (Å²) >= 11 is 0. The van der Waals surface area contributed by atoms with Gasteiger partial charge in [0.1, 0.15) is 6.61 Å². The molecule has 2 rings (SSSR count). The molecule has 0 amide bonds. The Bertz CT molecular complexity index is 471. The maximum absolute atomic E-state index is 5.36. The van der Waals surface area contributed by atoms with E-state index in [4.69, 9.17) is 9.26 Å². The molecule has 0 aliphatic carbocycles. The maximum atomic E-state index is 5.36. The minimum Gasteiger partial charge on any atom is -0.385 e. The van der Waals surface area contributed by atoms with E-state index < -0.39 is 0 Å². The zero-order valence-corrected chi connectivity index (χ0v) is 11.1. The minimum atomic E-state index is 0.420. The summed E-state index contributed by atoms with van der Waals surface area (Å²) in [6.07, 6.45) is 1.70. The van der Waals surface area contributed by atoms with Crippen LogP contribution in [0.4, 0.5) is 5.69 Å². The van der Waals surface area contributed by atoms with Gasteiger partial charge in [0.25, 0.3) is 0 Å². The molecule has 1 aromatic heterocycles. The molecule has 0 unspecified atom stereocenters. The van der Waals surface area contributed by atoms with Gasteiger partial charge in [0.05, 0.1) is 0 Å². The molecule has 1 heterocycles. The average molecular weight is 261 g/mol. The van der Waals surface area contributed by atoms with Gasteiger partial charge in [-0.3, -0.25) is 0 Å². The van der Waals surface area contributed by atoms with Gasteiger partial charge < -0.3 is 14.6 Å².